The number of aliphatic hydroxyl groups excluding tert-OH is 1. The minimum Gasteiger partial charge on any atom is -0.454 e. The fraction of sp³-hybridized carbons (Fsp3) is 0.500. The van der Waals surface area contributed by atoms with Crippen molar-refractivity contribution in [3.8, 4) is 11.5 Å². The average molecular weight is 359 g/mol. The smallest absolute Gasteiger partial charge is 0.231 e. The topological polar surface area (TPSA) is 87.0 Å². The molecule has 3 aliphatic heterocycles. The first-order valence-corrected chi connectivity index (χ1v) is 8.77. The lowest BCUT2D eigenvalue weighted by Gasteiger charge is -2.38. The van der Waals surface area contributed by atoms with Crippen molar-refractivity contribution in [1.82, 2.24) is 15.1 Å². The fourth-order valence-corrected chi connectivity index (χ4v) is 3.82. The molecule has 2 saturated heterocycles. The van der Waals surface area contributed by atoms with E-state index in [1.807, 2.05) is 31.3 Å². The van der Waals surface area contributed by atoms with Crippen LogP contribution in [-0.2, 0) is 16.0 Å². The van der Waals surface area contributed by atoms with Crippen molar-refractivity contribution in [2.75, 3.05) is 13.4 Å². The third-order valence-corrected chi connectivity index (χ3v) is 5.15. The standard InChI is InChI=1S/C18H21N3O5/c1-10-5-20-21(7-10)16-17(22)15(14-8-23-18(16)26-14)19-6-11-2-3-12-13(4-11)25-9-24-12/h2-5,7,14-19,22H,6,8-9H2,1H3. The Bertz CT molecular complexity index is 810. The Morgan fingerprint density at radius 2 is 2.19 bits per heavy atom. The minimum atomic E-state index is -0.672. The Kier molecular flexibility index (Phi) is 3.86. The van der Waals surface area contributed by atoms with Gasteiger partial charge in [0, 0.05) is 12.7 Å². The summed E-state index contributed by atoms with van der Waals surface area (Å²) in [6, 6.07) is 5.20. The zero-order valence-corrected chi connectivity index (χ0v) is 14.4. The van der Waals surface area contributed by atoms with Crippen LogP contribution in [0.25, 0.3) is 0 Å². The molecular formula is C18H21N3O5. The van der Waals surface area contributed by atoms with Crippen molar-refractivity contribution >= 4 is 0 Å². The molecule has 0 amide bonds. The van der Waals surface area contributed by atoms with Gasteiger partial charge in [0.25, 0.3) is 0 Å². The molecular weight excluding hydrogens is 338 g/mol. The van der Waals surface area contributed by atoms with E-state index in [9.17, 15) is 5.11 Å². The quantitative estimate of drug-likeness (QED) is 0.832. The lowest BCUT2D eigenvalue weighted by molar-refractivity contribution is -0.168. The highest BCUT2D eigenvalue weighted by atomic mass is 16.7. The normalized spacial score (nSPS) is 32.2. The van der Waals surface area contributed by atoms with Gasteiger partial charge >= 0.3 is 0 Å². The van der Waals surface area contributed by atoms with Gasteiger partial charge in [-0.1, -0.05) is 6.07 Å². The highest BCUT2D eigenvalue weighted by Crippen LogP contribution is 2.36. The first-order valence-electron chi connectivity index (χ1n) is 8.77. The van der Waals surface area contributed by atoms with Crippen LogP contribution in [0, 0.1) is 6.92 Å². The molecule has 1 aromatic carbocycles. The molecule has 2 bridgehead atoms. The van der Waals surface area contributed by atoms with Crippen LogP contribution in [0.15, 0.2) is 30.6 Å². The van der Waals surface area contributed by atoms with Gasteiger partial charge in [-0.25, -0.2) is 0 Å². The summed E-state index contributed by atoms with van der Waals surface area (Å²) in [5, 5.41) is 18.7. The van der Waals surface area contributed by atoms with E-state index in [-0.39, 0.29) is 25.0 Å². The van der Waals surface area contributed by atoms with Crippen LogP contribution in [-0.4, -0.2) is 52.8 Å². The number of nitrogens with zero attached hydrogens (tertiary/aromatic N) is 2. The molecule has 0 spiro atoms. The molecule has 26 heavy (non-hydrogen) atoms. The summed E-state index contributed by atoms with van der Waals surface area (Å²) in [6.07, 6.45) is 2.33. The van der Waals surface area contributed by atoms with Crippen molar-refractivity contribution in [2.24, 2.45) is 0 Å². The number of rotatable bonds is 4. The van der Waals surface area contributed by atoms with Crippen molar-refractivity contribution in [1.29, 1.82) is 0 Å². The monoisotopic (exact) mass is 359 g/mol. The van der Waals surface area contributed by atoms with E-state index >= 15 is 0 Å². The minimum absolute atomic E-state index is 0.183. The number of hydrogen-bond acceptors (Lipinski definition) is 7. The summed E-state index contributed by atoms with van der Waals surface area (Å²) < 4.78 is 24.2. The molecule has 0 aliphatic carbocycles. The Hall–Kier alpha value is -2.13. The maximum absolute atomic E-state index is 11.0. The number of benzene rings is 1. The second kappa shape index (κ2) is 6.24. The van der Waals surface area contributed by atoms with Crippen LogP contribution < -0.4 is 14.8 Å². The zero-order valence-electron chi connectivity index (χ0n) is 14.4. The molecule has 0 saturated carbocycles. The Labute approximate surface area is 150 Å². The van der Waals surface area contributed by atoms with Crippen LogP contribution in [0.1, 0.15) is 17.2 Å². The lowest BCUT2D eigenvalue weighted by Crippen LogP contribution is -2.57. The fourth-order valence-electron chi connectivity index (χ4n) is 3.82. The van der Waals surface area contributed by atoms with Crippen LogP contribution in [0.3, 0.4) is 0 Å². The van der Waals surface area contributed by atoms with E-state index in [0.717, 1.165) is 22.6 Å². The first-order chi connectivity index (χ1) is 12.7. The largest absolute Gasteiger partial charge is 0.454 e. The Morgan fingerprint density at radius 1 is 1.31 bits per heavy atom. The van der Waals surface area contributed by atoms with Gasteiger partial charge in [-0.2, -0.15) is 5.10 Å². The number of hydrogen-bond donors (Lipinski definition) is 2. The Morgan fingerprint density at radius 3 is 3.04 bits per heavy atom. The van der Waals surface area contributed by atoms with E-state index in [4.69, 9.17) is 18.9 Å². The first kappa shape index (κ1) is 16.1. The second-order valence-electron chi connectivity index (χ2n) is 6.95. The zero-order chi connectivity index (χ0) is 17.7. The van der Waals surface area contributed by atoms with Gasteiger partial charge in [0.15, 0.2) is 17.8 Å². The highest BCUT2D eigenvalue weighted by Gasteiger charge is 2.51. The molecule has 5 unspecified atom stereocenters. The predicted octanol–water partition coefficient (Wildman–Crippen LogP) is 0.736. The van der Waals surface area contributed by atoms with Crippen LogP contribution in [0.2, 0.25) is 0 Å². The molecule has 8 nitrogen and oxygen atoms in total. The number of fused-ring (bicyclic) bond motifs is 3. The summed E-state index contributed by atoms with van der Waals surface area (Å²) in [5.41, 5.74) is 2.08. The number of aryl methyl sites for hydroxylation is 1. The van der Waals surface area contributed by atoms with Gasteiger partial charge in [-0.05, 0) is 30.2 Å². The molecule has 3 aliphatic rings. The third kappa shape index (κ3) is 2.66. The molecule has 5 rings (SSSR count). The molecule has 2 fully saturated rings. The van der Waals surface area contributed by atoms with E-state index in [2.05, 4.69) is 10.4 Å². The van der Waals surface area contributed by atoms with Crippen LogP contribution in [0.5, 0.6) is 11.5 Å². The summed E-state index contributed by atoms with van der Waals surface area (Å²) in [5.74, 6) is 1.51. The number of ether oxygens (including phenoxy) is 4. The van der Waals surface area contributed by atoms with E-state index in [1.165, 1.54) is 0 Å². The SMILES string of the molecule is Cc1cnn(C2C3OCC(O3)C(NCc3ccc4c(c3)OCO4)C2O)c1. The van der Waals surface area contributed by atoms with Crippen molar-refractivity contribution in [3.63, 3.8) is 0 Å². The molecule has 0 radical (unpaired) electrons. The molecule has 2 N–H and O–H groups in total. The summed E-state index contributed by atoms with van der Waals surface area (Å²) in [7, 11) is 0. The van der Waals surface area contributed by atoms with Gasteiger partial charge in [-0.15, -0.1) is 0 Å². The number of nitrogens with one attached hydrogen (secondary N) is 1. The highest BCUT2D eigenvalue weighted by molar-refractivity contribution is 5.44. The van der Waals surface area contributed by atoms with E-state index < -0.39 is 12.4 Å². The molecule has 8 heteroatoms. The average Bonchev–Trinajstić information content (AvgIpc) is 3.35. The maximum Gasteiger partial charge on any atom is 0.231 e. The third-order valence-electron chi connectivity index (χ3n) is 5.15. The van der Waals surface area contributed by atoms with E-state index in [0.29, 0.717) is 13.2 Å². The van der Waals surface area contributed by atoms with E-state index in [1.54, 1.807) is 10.9 Å². The van der Waals surface area contributed by atoms with Crippen LogP contribution >= 0.6 is 0 Å². The second-order valence-corrected chi connectivity index (χ2v) is 6.95. The molecule has 1 aromatic heterocycles. The predicted molar refractivity (Wildman–Crippen MR) is 89.8 cm³/mol. The number of aliphatic hydroxyl groups is 1. The summed E-state index contributed by atoms with van der Waals surface area (Å²) >= 11 is 0. The number of aromatic nitrogens is 2. The molecule has 4 heterocycles. The van der Waals surface area contributed by atoms with Crippen molar-refractivity contribution in [3.05, 3.63) is 41.7 Å². The molecule has 138 valence electrons. The maximum atomic E-state index is 11.0. The summed E-state index contributed by atoms with van der Waals surface area (Å²) in [4.78, 5) is 0. The van der Waals surface area contributed by atoms with Gasteiger partial charge in [0.1, 0.15) is 12.1 Å². The Balaban J connectivity index is 1.33. The van der Waals surface area contributed by atoms with Gasteiger partial charge in [0.05, 0.1) is 24.9 Å². The molecule has 2 aromatic rings. The molecule has 5 atom stereocenters. The van der Waals surface area contributed by atoms with Gasteiger partial charge in [-0.3, -0.25) is 4.68 Å². The van der Waals surface area contributed by atoms with Crippen molar-refractivity contribution in [2.45, 2.75) is 44.1 Å². The lowest BCUT2D eigenvalue weighted by atomic mass is 9.96. The van der Waals surface area contributed by atoms with Crippen molar-refractivity contribution < 1.29 is 24.1 Å². The van der Waals surface area contributed by atoms with Gasteiger partial charge in [0.2, 0.25) is 6.79 Å². The summed E-state index contributed by atoms with van der Waals surface area (Å²) in [6.45, 7) is 3.26. The van der Waals surface area contributed by atoms with Crippen LogP contribution in [0.4, 0.5) is 0 Å². The van der Waals surface area contributed by atoms with Gasteiger partial charge < -0.3 is 29.4 Å².